The van der Waals surface area contributed by atoms with Crippen LogP contribution in [0.1, 0.15) is 82.2 Å². The molecule has 0 bridgehead atoms. The van der Waals surface area contributed by atoms with Gasteiger partial charge in [0.2, 0.25) is 5.91 Å². The van der Waals surface area contributed by atoms with Gasteiger partial charge >= 0.3 is 0 Å². The molecular formula is C39H50N8O5. The van der Waals surface area contributed by atoms with E-state index in [2.05, 4.69) is 54.8 Å². The maximum absolute atomic E-state index is 13.5. The van der Waals surface area contributed by atoms with Gasteiger partial charge in [0, 0.05) is 43.8 Å². The zero-order valence-corrected chi connectivity index (χ0v) is 30.0. The van der Waals surface area contributed by atoms with Crippen LogP contribution < -0.4 is 15.5 Å². The van der Waals surface area contributed by atoms with E-state index in [1.165, 1.54) is 35.6 Å². The number of aromatic nitrogens is 4. The average Bonchev–Trinajstić information content (AvgIpc) is 3.92. The number of rotatable bonds is 12. The van der Waals surface area contributed by atoms with Crippen molar-refractivity contribution in [3.05, 3.63) is 78.4 Å². The van der Waals surface area contributed by atoms with Gasteiger partial charge in [-0.2, -0.15) is 0 Å². The van der Waals surface area contributed by atoms with E-state index >= 15 is 0 Å². The molecule has 1 unspecified atom stereocenters. The molecule has 4 heterocycles. The Bertz CT molecular complexity index is 1810. The van der Waals surface area contributed by atoms with Gasteiger partial charge < -0.3 is 35.4 Å². The number of hydrogen-bond acceptors (Lipinski definition) is 10. The number of imidazole rings is 1. The summed E-state index contributed by atoms with van der Waals surface area (Å²) in [6.45, 7) is 6.64. The Morgan fingerprint density at radius 3 is 2.40 bits per heavy atom. The van der Waals surface area contributed by atoms with Crippen LogP contribution in [0.4, 0.5) is 11.5 Å². The van der Waals surface area contributed by atoms with E-state index in [1.54, 1.807) is 0 Å². The highest BCUT2D eigenvalue weighted by Crippen LogP contribution is 2.34. The van der Waals surface area contributed by atoms with E-state index in [9.17, 15) is 19.8 Å². The standard InChI is InChI=1S/C39H50N8O5/c1-3-31(48)47(30-18-21-45(22-19-30)20-17-26-9-5-4-6-10-26)29-15-13-27(14-16-29)25(2)43-38(51)35-33(49)34(50)39(52-35)46-24-42-32-36(40-23-41-37(32)46)44-28-11-7-8-12-28/h4-6,9-10,13-16,23-25,28,30,33-35,39,49-50H,3,7-8,11-12,17-22H2,1-2H3,(H,43,51)(H,40,41,44)/t25?,33-,34+,35-,39+/m0/s1. The SMILES string of the molecule is CCC(=O)N(c1ccc(C(C)NC(=O)[C@H]2O[C@@H](n3cnc4c(NC5CCCC5)ncnc43)[C@H](O)[C@@H]2O)cc1)C1CCN(CCc2ccccc2)CC1. The molecule has 13 heteroatoms. The van der Waals surface area contributed by atoms with Crippen molar-refractivity contribution in [1.82, 2.24) is 29.7 Å². The Balaban J connectivity index is 0.963. The van der Waals surface area contributed by atoms with Crippen molar-refractivity contribution >= 4 is 34.5 Å². The van der Waals surface area contributed by atoms with Crippen LogP contribution in [0.5, 0.6) is 0 Å². The molecule has 1 aliphatic carbocycles. The van der Waals surface area contributed by atoms with Gasteiger partial charge in [-0.3, -0.25) is 14.2 Å². The van der Waals surface area contributed by atoms with Crippen molar-refractivity contribution in [1.29, 1.82) is 0 Å². The number of carbonyl (C=O) groups is 2. The van der Waals surface area contributed by atoms with Crippen LogP contribution >= 0.6 is 0 Å². The summed E-state index contributed by atoms with van der Waals surface area (Å²) in [6, 6.07) is 18.3. The summed E-state index contributed by atoms with van der Waals surface area (Å²) in [4.78, 5) is 44.3. The summed E-state index contributed by atoms with van der Waals surface area (Å²) in [5, 5.41) is 28.3. The number of likely N-dealkylation sites (tertiary alicyclic amines) is 1. The number of benzene rings is 2. The first-order chi connectivity index (χ1) is 25.3. The molecule has 2 amide bonds. The van der Waals surface area contributed by atoms with E-state index in [0.717, 1.165) is 63.0 Å². The van der Waals surface area contributed by atoms with Crippen molar-refractivity contribution in [3.63, 3.8) is 0 Å². The third kappa shape index (κ3) is 7.68. The first-order valence-corrected chi connectivity index (χ1v) is 18.7. The van der Waals surface area contributed by atoms with Gasteiger partial charge in [0.05, 0.1) is 12.4 Å². The average molecular weight is 711 g/mol. The maximum Gasteiger partial charge on any atom is 0.252 e. The van der Waals surface area contributed by atoms with Crippen molar-refractivity contribution in [2.75, 3.05) is 29.9 Å². The summed E-state index contributed by atoms with van der Waals surface area (Å²) in [5.41, 5.74) is 3.99. The number of nitrogens with zero attached hydrogens (tertiary/aromatic N) is 6. The fraction of sp³-hybridized carbons (Fsp3) is 0.513. The lowest BCUT2D eigenvalue weighted by atomic mass is 10.00. The fourth-order valence-electron chi connectivity index (χ4n) is 7.88. The highest BCUT2D eigenvalue weighted by Gasteiger charge is 2.48. The predicted octanol–water partition coefficient (Wildman–Crippen LogP) is 4.13. The molecule has 0 spiro atoms. The zero-order valence-electron chi connectivity index (χ0n) is 30.0. The summed E-state index contributed by atoms with van der Waals surface area (Å²) in [7, 11) is 0. The number of aliphatic hydroxyl groups excluding tert-OH is 2. The molecule has 5 atom stereocenters. The summed E-state index contributed by atoms with van der Waals surface area (Å²) in [5.74, 6) is 0.158. The van der Waals surface area contributed by atoms with Gasteiger partial charge in [-0.25, -0.2) is 15.0 Å². The largest absolute Gasteiger partial charge is 0.387 e. The Morgan fingerprint density at radius 2 is 1.69 bits per heavy atom. The van der Waals surface area contributed by atoms with Crippen molar-refractivity contribution in [2.24, 2.45) is 0 Å². The molecule has 2 aromatic carbocycles. The molecule has 52 heavy (non-hydrogen) atoms. The number of carbonyl (C=O) groups excluding carboxylic acids is 2. The van der Waals surface area contributed by atoms with Gasteiger partial charge in [0.1, 0.15) is 18.5 Å². The lowest BCUT2D eigenvalue weighted by Gasteiger charge is -2.38. The molecule has 1 saturated carbocycles. The van der Waals surface area contributed by atoms with Crippen molar-refractivity contribution in [2.45, 2.75) is 108 Å². The van der Waals surface area contributed by atoms with Gasteiger partial charge in [-0.1, -0.05) is 62.2 Å². The number of ether oxygens (including phenoxy) is 1. The van der Waals surface area contributed by atoms with Gasteiger partial charge in [0.25, 0.3) is 5.91 Å². The summed E-state index contributed by atoms with van der Waals surface area (Å²) in [6.07, 6.45) is 5.40. The summed E-state index contributed by atoms with van der Waals surface area (Å²) >= 11 is 0. The van der Waals surface area contributed by atoms with Crippen LogP contribution in [0.3, 0.4) is 0 Å². The first kappa shape index (κ1) is 36.0. The molecule has 4 N–H and O–H groups in total. The van der Waals surface area contributed by atoms with Crippen molar-refractivity contribution < 1.29 is 24.5 Å². The number of fused-ring (bicyclic) bond motifs is 1. The lowest BCUT2D eigenvalue weighted by Crippen LogP contribution is -2.48. The third-order valence-corrected chi connectivity index (χ3v) is 10.9. The number of piperidine rings is 1. The topological polar surface area (TPSA) is 158 Å². The van der Waals surface area contributed by atoms with Crippen LogP contribution in [-0.4, -0.2) is 96.5 Å². The van der Waals surface area contributed by atoms with Gasteiger partial charge in [-0.15, -0.1) is 0 Å². The Hall–Kier alpha value is -4.43. The van der Waals surface area contributed by atoms with Crippen LogP contribution in [0, 0.1) is 0 Å². The second-order valence-corrected chi connectivity index (χ2v) is 14.3. The summed E-state index contributed by atoms with van der Waals surface area (Å²) < 4.78 is 7.53. The fourth-order valence-corrected chi connectivity index (χ4v) is 7.88. The monoisotopic (exact) mass is 710 g/mol. The lowest BCUT2D eigenvalue weighted by molar-refractivity contribution is -0.138. The quantitative estimate of drug-likeness (QED) is 0.169. The Labute approximate surface area is 304 Å². The molecule has 0 radical (unpaired) electrons. The third-order valence-electron chi connectivity index (χ3n) is 10.9. The minimum atomic E-state index is -1.46. The Kier molecular flexibility index (Phi) is 11.1. The van der Waals surface area contributed by atoms with E-state index in [0.29, 0.717) is 29.4 Å². The predicted molar refractivity (Wildman–Crippen MR) is 198 cm³/mol. The number of nitrogens with one attached hydrogen (secondary N) is 2. The first-order valence-electron chi connectivity index (χ1n) is 18.7. The Morgan fingerprint density at radius 1 is 0.962 bits per heavy atom. The van der Waals surface area contributed by atoms with Crippen LogP contribution in [0.2, 0.25) is 0 Å². The smallest absolute Gasteiger partial charge is 0.252 e. The molecule has 7 rings (SSSR count). The van der Waals surface area contributed by atoms with Gasteiger partial charge in [0.15, 0.2) is 29.3 Å². The molecule has 2 aliphatic heterocycles. The van der Waals surface area contributed by atoms with E-state index in [-0.39, 0.29) is 11.9 Å². The van der Waals surface area contributed by atoms with Crippen LogP contribution in [-0.2, 0) is 20.7 Å². The van der Waals surface area contributed by atoms with Gasteiger partial charge in [-0.05, 0) is 62.3 Å². The molecule has 4 aromatic rings. The normalized spacial score (nSPS) is 23.5. The van der Waals surface area contributed by atoms with Crippen LogP contribution in [0.15, 0.2) is 67.3 Å². The maximum atomic E-state index is 13.5. The highest BCUT2D eigenvalue weighted by molar-refractivity contribution is 5.93. The molecular weight excluding hydrogens is 660 g/mol. The van der Waals surface area contributed by atoms with Crippen LogP contribution in [0.25, 0.3) is 11.2 Å². The molecule has 3 fully saturated rings. The molecule has 276 valence electrons. The number of anilines is 2. The molecule has 3 aliphatic rings. The second-order valence-electron chi connectivity index (χ2n) is 14.3. The number of amides is 2. The van der Waals surface area contributed by atoms with E-state index in [4.69, 9.17) is 4.74 Å². The minimum Gasteiger partial charge on any atom is -0.387 e. The number of hydrogen-bond donors (Lipinski definition) is 4. The molecule has 2 saturated heterocycles. The minimum absolute atomic E-state index is 0.0933. The van der Waals surface area contributed by atoms with E-state index < -0.39 is 36.5 Å². The second kappa shape index (κ2) is 16.1. The molecule has 2 aromatic heterocycles. The zero-order chi connectivity index (χ0) is 36.2. The van der Waals surface area contributed by atoms with Crippen molar-refractivity contribution in [3.8, 4) is 0 Å². The van der Waals surface area contributed by atoms with E-state index in [1.807, 2.05) is 49.1 Å². The molecule has 13 nitrogen and oxygen atoms in total. The number of aliphatic hydroxyl groups is 2. The highest BCUT2D eigenvalue weighted by atomic mass is 16.6.